The van der Waals surface area contributed by atoms with E-state index in [0.717, 1.165) is 23.7 Å². The number of hydrogen-bond acceptors (Lipinski definition) is 2. The van der Waals surface area contributed by atoms with Crippen LogP contribution in [0.25, 0.3) is 0 Å². The standard InChI is InChI=1S/C15H22BrNO2/c1-3-15(4-2,11-18)10-17-14(19)13-7-5-12(9-16)6-8-13/h5-8,18H,3-4,9-11H2,1-2H3,(H,17,19). The van der Waals surface area contributed by atoms with Crippen molar-refractivity contribution in [1.29, 1.82) is 0 Å². The Labute approximate surface area is 123 Å². The van der Waals surface area contributed by atoms with Crippen molar-refractivity contribution < 1.29 is 9.90 Å². The van der Waals surface area contributed by atoms with Crippen LogP contribution < -0.4 is 5.32 Å². The summed E-state index contributed by atoms with van der Waals surface area (Å²) >= 11 is 3.38. The van der Waals surface area contributed by atoms with Gasteiger partial charge in [0.1, 0.15) is 0 Å². The summed E-state index contributed by atoms with van der Waals surface area (Å²) in [6.45, 7) is 4.69. The Morgan fingerprint density at radius 2 is 1.84 bits per heavy atom. The van der Waals surface area contributed by atoms with Gasteiger partial charge in [0.15, 0.2) is 0 Å². The quantitative estimate of drug-likeness (QED) is 0.756. The zero-order valence-electron chi connectivity index (χ0n) is 11.6. The second-order valence-corrected chi connectivity index (χ2v) is 5.44. The largest absolute Gasteiger partial charge is 0.396 e. The Morgan fingerprint density at radius 1 is 1.26 bits per heavy atom. The van der Waals surface area contributed by atoms with Gasteiger partial charge >= 0.3 is 0 Å². The first-order valence-electron chi connectivity index (χ1n) is 6.64. The summed E-state index contributed by atoms with van der Waals surface area (Å²) in [6, 6.07) is 7.51. The molecule has 0 spiro atoms. The highest BCUT2D eigenvalue weighted by molar-refractivity contribution is 9.08. The number of halogens is 1. The van der Waals surface area contributed by atoms with E-state index in [1.165, 1.54) is 0 Å². The van der Waals surface area contributed by atoms with Gasteiger partial charge in [-0.05, 0) is 30.5 Å². The summed E-state index contributed by atoms with van der Waals surface area (Å²) in [6.07, 6.45) is 1.70. The molecule has 2 N–H and O–H groups in total. The minimum Gasteiger partial charge on any atom is -0.396 e. The molecule has 0 unspecified atom stereocenters. The molecule has 0 saturated carbocycles. The number of hydrogen-bond donors (Lipinski definition) is 2. The lowest BCUT2D eigenvalue weighted by molar-refractivity contribution is 0.0851. The van der Waals surface area contributed by atoms with E-state index in [1.807, 2.05) is 38.1 Å². The molecule has 0 aliphatic carbocycles. The van der Waals surface area contributed by atoms with Crippen molar-refractivity contribution in [3.05, 3.63) is 35.4 Å². The fraction of sp³-hybridized carbons (Fsp3) is 0.533. The SMILES string of the molecule is CCC(CC)(CO)CNC(=O)c1ccc(CBr)cc1. The summed E-state index contributed by atoms with van der Waals surface area (Å²) in [5.41, 5.74) is 1.60. The van der Waals surface area contributed by atoms with Gasteiger partial charge in [-0.15, -0.1) is 0 Å². The fourth-order valence-electron chi connectivity index (χ4n) is 1.89. The van der Waals surface area contributed by atoms with E-state index in [0.29, 0.717) is 12.1 Å². The molecule has 1 aromatic carbocycles. The van der Waals surface area contributed by atoms with E-state index in [2.05, 4.69) is 21.2 Å². The number of aliphatic hydroxyl groups is 1. The van der Waals surface area contributed by atoms with E-state index in [1.54, 1.807) is 0 Å². The van der Waals surface area contributed by atoms with Crippen molar-refractivity contribution in [2.45, 2.75) is 32.0 Å². The minimum absolute atomic E-state index is 0.0825. The second kappa shape index (κ2) is 7.65. The Morgan fingerprint density at radius 3 is 2.26 bits per heavy atom. The third-order valence-corrected chi connectivity index (χ3v) is 4.48. The number of benzene rings is 1. The first kappa shape index (κ1) is 16.2. The molecule has 0 atom stereocenters. The normalized spacial score (nSPS) is 11.4. The topological polar surface area (TPSA) is 49.3 Å². The number of amides is 1. The molecule has 0 aliphatic rings. The van der Waals surface area contributed by atoms with E-state index in [9.17, 15) is 9.90 Å². The number of rotatable bonds is 7. The molecular weight excluding hydrogens is 306 g/mol. The maximum absolute atomic E-state index is 12.0. The van der Waals surface area contributed by atoms with Crippen LogP contribution in [-0.2, 0) is 5.33 Å². The van der Waals surface area contributed by atoms with E-state index >= 15 is 0 Å². The van der Waals surface area contributed by atoms with E-state index in [4.69, 9.17) is 0 Å². The number of aliphatic hydroxyl groups excluding tert-OH is 1. The van der Waals surface area contributed by atoms with Crippen molar-refractivity contribution in [3.63, 3.8) is 0 Å². The van der Waals surface area contributed by atoms with E-state index < -0.39 is 0 Å². The van der Waals surface area contributed by atoms with Gasteiger partial charge < -0.3 is 10.4 Å². The van der Waals surface area contributed by atoms with Gasteiger partial charge in [-0.25, -0.2) is 0 Å². The summed E-state index contributed by atoms with van der Waals surface area (Å²) in [5.74, 6) is -0.0825. The third kappa shape index (κ3) is 4.32. The Bertz CT molecular complexity index is 391. The molecule has 4 heteroatoms. The monoisotopic (exact) mass is 327 g/mol. The number of carbonyl (C=O) groups excluding carboxylic acids is 1. The number of alkyl halides is 1. The van der Waals surface area contributed by atoms with E-state index in [-0.39, 0.29) is 17.9 Å². The number of carbonyl (C=O) groups is 1. The van der Waals surface area contributed by atoms with Crippen LogP contribution in [0.4, 0.5) is 0 Å². The lowest BCUT2D eigenvalue weighted by Gasteiger charge is -2.29. The molecule has 0 radical (unpaired) electrons. The zero-order valence-corrected chi connectivity index (χ0v) is 13.2. The van der Waals surface area contributed by atoms with Crippen molar-refractivity contribution in [2.75, 3.05) is 13.2 Å². The number of nitrogens with one attached hydrogen (secondary N) is 1. The molecule has 0 saturated heterocycles. The lowest BCUT2D eigenvalue weighted by atomic mass is 9.83. The van der Waals surface area contributed by atoms with Crippen molar-refractivity contribution in [2.24, 2.45) is 5.41 Å². The smallest absolute Gasteiger partial charge is 0.251 e. The molecule has 0 aliphatic heterocycles. The highest BCUT2D eigenvalue weighted by Crippen LogP contribution is 2.24. The fourth-order valence-corrected chi connectivity index (χ4v) is 2.27. The Hall–Kier alpha value is -0.870. The predicted molar refractivity (Wildman–Crippen MR) is 81.5 cm³/mol. The molecule has 1 amide bonds. The van der Waals surface area contributed by atoms with Gasteiger partial charge in [-0.1, -0.05) is 41.9 Å². The molecule has 106 valence electrons. The molecule has 0 heterocycles. The van der Waals surface area contributed by atoms with Crippen LogP contribution in [0.5, 0.6) is 0 Å². The summed E-state index contributed by atoms with van der Waals surface area (Å²) in [4.78, 5) is 12.0. The van der Waals surface area contributed by atoms with Crippen molar-refractivity contribution in [1.82, 2.24) is 5.32 Å². The maximum Gasteiger partial charge on any atom is 0.251 e. The second-order valence-electron chi connectivity index (χ2n) is 4.88. The summed E-state index contributed by atoms with van der Waals surface area (Å²) < 4.78 is 0. The molecule has 0 aromatic heterocycles. The Kier molecular flexibility index (Phi) is 6.52. The molecule has 3 nitrogen and oxygen atoms in total. The van der Waals surface area contributed by atoms with Crippen LogP contribution in [0, 0.1) is 5.41 Å². The summed E-state index contributed by atoms with van der Waals surface area (Å²) in [5, 5.41) is 13.2. The maximum atomic E-state index is 12.0. The average molecular weight is 328 g/mol. The molecule has 19 heavy (non-hydrogen) atoms. The van der Waals surface area contributed by atoms with Gasteiger partial charge in [0.05, 0.1) is 6.61 Å². The predicted octanol–water partition coefficient (Wildman–Crippen LogP) is 3.11. The zero-order chi connectivity index (χ0) is 14.3. The van der Waals surface area contributed by atoms with Crippen LogP contribution in [0.3, 0.4) is 0 Å². The van der Waals surface area contributed by atoms with Crippen molar-refractivity contribution in [3.8, 4) is 0 Å². The van der Waals surface area contributed by atoms with Crippen LogP contribution in [-0.4, -0.2) is 24.2 Å². The van der Waals surface area contributed by atoms with Crippen LogP contribution in [0.1, 0.15) is 42.6 Å². The average Bonchev–Trinajstić information content (AvgIpc) is 2.49. The van der Waals surface area contributed by atoms with Gasteiger partial charge in [0, 0.05) is 22.9 Å². The van der Waals surface area contributed by atoms with Crippen LogP contribution in [0.15, 0.2) is 24.3 Å². The summed E-state index contributed by atoms with van der Waals surface area (Å²) in [7, 11) is 0. The van der Waals surface area contributed by atoms with Crippen LogP contribution >= 0.6 is 15.9 Å². The van der Waals surface area contributed by atoms with Gasteiger partial charge in [-0.2, -0.15) is 0 Å². The van der Waals surface area contributed by atoms with Gasteiger partial charge in [0.2, 0.25) is 0 Å². The third-order valence-electron chi connectivity index (χ3n) is 3.83. The van der Waals surface area contributed by atoms with Crippen molar-refractivity contribution >= 4 is 21.8 Å². The minimum atomic E-state index is -0.203. The molecule has 1 rings (SSSR count). The first-order chi connectivity index (χ1) is 9.10. The highest BCUT2D eigenvalue weighted by atomic mass is 79.9. The molecule has 0 fully saturated rings. The van der Waals surface area contributed by atoms with Crippen LogP contribution in [0.2, 0.25) is 0 Å². The molecule has 1 aromatic rings. The van der Waals surface area contributed by atoms with Gasteiger partial charge in [-0.3, -0.25) is 4.79 Å². The van der Waals surface area contributed by atoms with Gasteiger partial charge in [0.25, 0.3) is 5.91 Å². The molecule has 0 bridgehead atoms. The lowest BCUT2D eigenvalue weighted by Crippen LogP contribution is -2.39. The first-order valence-corrected chi connectivity index (χ1v) is 7.77. The highest BCUT2D eigenvalue weighted by Gasteiger charge is 2.25. The molecular formula is C15H22BrNO2. The Balaban J connectivity index is 2.63.